The van der Waals surface area contributed by atoms with Crippen LogP contribution in [0.4, 0.5) is 10.7 Å². The van der Waals surface area contributed by atoms with Crippen molar-refractivity contribution in [3.63, 3.8) is 0 Å². The number of nitrogens with zero attached hydrogens (tertiary/aromatic N) is 3. The van der Waals surface area contributed by atoms with Gasteiger partial charge in [0.2, 0.25) is 0 Å². The predicted octanol–water partition coefficient (Wildman–Crippen LogP) is 4.61. The van der Waals surface area contributed by atoms with Crippen molar-refractivity contribution in [1.82, 2.24) is 4.90 Å². The number of anilines is 2. The largest absolute Gasteiger partial charge is 0.497 e. The summed E-state index contributed by atoms with van der Waals surface area (Å²) in [7, 11) is 1.68. The zero-order valence-electron chi connectivity index (χ0n) is 19.6. The smallest absolute Gasteiger partial charge is 0.264 e. The van der Waals surface area contributed by atoms with Gasteiger partial charge in [0.25, 0.3) is 5.91 Å². The van der Waals surface area contributed by atoms with E-state index in [0.29, 0.717) is 0 Å². The van der Waals surface area contributed by atoms with Gasteiger partial charge in [0, 0.05) is 50.5 Å². The minimum absolute atomic E-state index is 0.137. The highest BCUT2D eigenvalue weighted by Crippen LogP contribution is 2.40. The summed E-state index contributed by atoms with van der Waals surface area (Å²) in [6.07, 6.45) is 0.949. The maximum Gasteiger partial charge on any atom is 0.264 e. The molecule has 178 valence electrons. The summed E-state index contributed by atoms with van der Waals surface area (Å²) in [5.41, 5.74) is 3.47. The first-order valence-electron chi connectivity index (χ1n) is 11.9. The number of carbonyl (C=O) groups excluding carboxylic acids is 1. The molecular weight excluding hydrogens is 446 g/mol. The molecule has 7 heteroatoms. The van der Waals surface area contributed by atoms with Gasteiger partial charge < -0.3 is 24.2 Å². The van der Waals surface area contributed by atoms with Crippen LogP contribution < -0.4 is 14.5 Å². The lowest BCUT2D eigenvalue weighted by atomic mass is 10.1. The van der Waals surface area contributed by atoms with E-state index < -0.39 is 0 Å². The van der Waals surface area contributed by atoms with Gasteiger partial charge >= 0.3 is 0 Å². The highest BCUT2D eigenvalue weighted by Gasteiger charge is 2.26. The predicted molar refractivity (Wildman–Crippen MR) is 139 cm³/mol. The summed E-state index contributed by atoms with van der Waals surface area (Å²) in [4.78, 5) is 21.2. The van der Waals surface area contributed by atoms with Crippen molar-refractivity contribution >= 4 is 27.9 Å². The van der Waals surface area contributed by atoms with E-state index in [9.17, 15) is 4.79 Å². The van der Waals surface area contributed by atoms with Crippen molar-refractivity contribution in [2.45, 2.75) is 6.42 Å². The Morgan fingerprint density at radius 2 is 1.65 bits per heavy atom. The fourth-order valence-electron chi connectivity index (χ4n) is 4.64. The van der Waals surface area contributed by atoms with Crippen molar-refractivity contribution in [3.05, 3.63) is 65.5 Å². The maximum absolute atomic E-state index is 13.6. The molecule has 2 aliphatic heterocycles. The van der Waals surface area contributed by atoms with E-state index in [1.54, 1.807) is 18.4 Å². The van der Waals surface area contributed by atoms with Gasteiger partial charge in [0.15, 0.2) is 0 Å². The fourth-order valence-corrected chi connectivity index (χ4v) is 5.84. The van der Waals surface area contributed by atoms with Gasteiger partial charge in [-0.3, -0.25) is 4.79 Å². The minimum atomic E-state index is 0.137. The quantitative estimate of drug-likeness (QED) is 0.537. The zero-order chi connectivity index (χ0) is 23.3. The van der Waals surface area contributed by atoms with Gasteiger partial charge in [-0.25, -0.2) is 0 Å². The van der Waals surface area contributed by atoms with E-state index in [1.807, 2.05) is 23.1 Å². The molecule has 34 heavy (non-hydrogen) atoms. The molecule has 0 aliphatic carbocycles. The first-order valence-corrected chi connectivity index (χ1v) is 12.7. The minimum Gasteiger partial charge on any atom is -0.497 e. The molecule has 0 saturated carbocycles. The highest BCUT2D eigenvalue weighted by molar-refractivity contribution is 7.18. The Morgan fingerprint density at radius 1 is 0.882 bits per heavy atom. The molecule has 1 amide bonds. The SMILES string of the molecule is COc1ccc(N2CCCN(C(=O)c3cc(-c4ccccc4)c(N4CCOCC4)s3)CC2)cc1. The van der Waals surface area contributed by atoms with Crippen molar-refractivity contribution in [1.29, 1.82) is 0 Å². The Labute approximate surface area is 205 Å². The summed E-state index contributed by atoms with van der Waals surface area (Å²) in [5, 5.41) is 1.17. The average molecular weight is 478 g/mol. The van der Waals surface area contributed by atoms with Crippen LogP contribution in [0.2, 0.25) is 0 Å². The number of ether oxygens (including phenoxy) is 2. The number of morpholine rings is 1. The van der Waals surface area contributed by atoms with Gasteiger partial charge in [-0.05, 0) is 42.3 Å². The van der Waals surface area contributed by atoms with Crippen molar-refractivity contribution in [2.24, 2.45) is 0 Å². The van der Waals surface area contributed by atoms with Crippen LogP contribution in [-0.2, 0) is 4.74 Å². The first-order chi connectivity index (χ1) is 16.7. The molecule has 0 unspecified atom stereocenters. The molecule has 2 fully saturated rings. The summed E-state index contributed by atoms with van der Waals surface area (Å²) >= 11 is 1.62. The van der Waals surface area contributed by atoms with Gasteiger partial charge in [-0.15, -0.1) is 11.3 Å². The molecule has 3 aromatic rings. The van der Waals surface area contributed by atoms with E-state index in [1.165, 1.54) is 10.7 Å². The molecule has 0 atom stereocenters. The number of thiophene rings is 1. The highest BCUT2D eigenvalue weighted by atomic mass is 32.1. The number of hydrogen-bond donors (Lipinski definition) is 0. The lowest BCUT2D eigenvalue weighted by Gasteiger charge is -2.28. The van der Waals surface area contributed by atoms with Gasteiger partial charge in [-0.2, -0.15) is 0 Å². The average Bonchev–Trinajstić information content (AvgIpc) is 3.21. The Kier molecular flexibility index (Phi) is 7.02. The van der Waals surface area contributed by atoms with Crippen LogP contribution >= 0.6 is 11.3 Å². The molecule has 2 aliphatic rings. The first kappa shape index (κ1) is 22.7. The standard InChI is InChI=1S/C27H31N3O3S/c1-32-23-10-8-22(9-11-23)28-12-5-13-29(15-14-28)26(31)25-20-24(21-6-3-2-4-7-21)27(34-25)30-16-18-33-19-17-30/h2-4,6-11,20H,5,12-19H2,1H3. The van der Waals surface area contributed by atoms with Crippen molar-refractivity contribution in [3.8, 4) is 16.9 Å². The molecule has 3 heterocycles. The molecule has 5 rings (SSSR count). The Hall–Kier alpha value is -3.03. The second kappa shape index (κ2) is 10.5. The third-order valence-corrected chi connectivity index (χ3v) is 7.71. The van der Waals surface area contributed by atoms with E-state index in [2.05, 4.69) is 52.3 Å². The number of hydrogen-bond acceptors (Lipinski definition) is 6. The van der Waals surface area contributed by atoms with E-state index in [4.69, 9.17) is 9.47 Å². The molecular formula is C27H31N3O3S. The normalized spacial score (nSPS) is 16.9. The summed E-state index contributed by atoms with van der Waals surface area (Å²) in [6.45, 7) is 6.42. The lowest BCUT2D eigenvalue weighted by molar-refractivity contribution is 0.0772. The Bertz CT molecular complexity index is 1090. The molecule has 2 saturated heterocycles. The number of carbonyl (C=O) groups is 1. The Balaban J connectivity index is 1.35. The second-order valence-electron chi connectivity index (χ2n) is 8.63. The summed E-state index contributed by atoms with van der Waals surface area (Å²) < 4.78 is 10.9. The molecule has 2 aromatic carbocycles. The topological polar surface area (TPSA) is 45.2 Å². The van der Waals surface area contributed by atoms with Gasteiger partial charge in [-0.1, -0.05) is 30.3 Å². The molecule has 0 radical (unpaired) electrons. The van der Waals surface area contributed by atoms with Crippen molar-refractivity contribution < 1.29 is 14.3 Å². The van der Waals surface area contributed by atoms with Crippen molar-refractivity contribution in [2.75, 3.05) is 69.4 Å². The van der Waals surface area contributed by atoms with Gasteiger partial charge in [0.1, 0.15) is 5.75 Å². The fraction of sp³-hybridized carbons (Fsp3) is 0.370. The number of amides is 1. The van der Waals surface area contributed by atoms with Crippen LogP contribution in [-0.4, -0.2) is 70.4 Å². The Morgan fingerprint density at radius 3 is 2.38 bits per heavy atom. The monoisotopic (exact) mass is 477 g/mol. The molecule has 0 N–H and O–H groups in total. The van der Waals surface area contributed by atoms with Gasteiger partial charge in [0.05, 0.1) is 30.2 Å². The third-order valence-electron chi connectivity index (χ3n) is 6.53. The van der Waals surface area contributed by atoms with Crippen LogP contribution in [0.3, 0.4) is 0 Å². The molecule has 6 nitrogen and oxygen atoms in total. The van der Waals surface area contributed by atoms with Crippen LogP contribution in [0, 0.1) is 0 Å². The van der Waals surface area contributed by atoms with E-state index in [0.717, 1.165) is 80.7 Å². The number of methoxy groups -OCH3 is 1. The van der Waals surface area contributed by atoms with E-state index in [-0.39, 0.29) is 5.91 Å². The van der Waals surface area contributed by atoms with Crippen LogP contribution in [0.15, 0.2) is 60.7 Å². The summed E-state index contributed by atoms with van der Waals surface area (Å²) in [5.74, 6) is 0.997. The number of rotatable bonds is 5. The van der Waals surface area contributed by atoms with Crippen LogP contribution in [0.5, 0.6) is 5.75 Å². The maximum atomic E-state index is 13.6. The van der Waals surface area contributed by atoms with E-state index >= 15 is 0 Å². The lowest BCUT2D eigenvalue weighted by Crippen LogP contribution is -2.36. The number of benzene rings is 2. The molecule has 0 bridgehead atoms. The molecule has 0 spiro atoms. The van der Waals surface area contributed by atoms with Crippen LogP contribution in [0.25, 0.3) is 11.1 Å². The molecule has 1 aromatic heterocycles. The summed E-state index contributed by atoms with van der Waals surface area (Å²) in [6, 6.07) is 20.7. The third kappa shape index (κ3) is 4.91. The zero-order valence-corrected chi connectivity index (χ0v) is 20.4. The second-order valence-corrected chi connectivity index (χ2v) is 9.66. The van der Waals surface area contributed by atoms with Crippen LogP contribution in [0.1, 0.15) is 16.1 Å².